The van der Waals surface area contributed by atoms with Gasteiger partial charge in [0.2, 0.25) is 5.89 Å². The van der Waals surface area contributed by atoms with Crippen LogP contribution in [0.1, 0.15) is 56.1 Å². The molecule has 1 atom stereocenters. The van der Waals surface area contributed by atoms with Gasteiger partial charge in [-0.15, -0.1) is 0 Å². The molecule has 1 aliphatic rings. The monoisotopic (exact) mass is 370 g/mol. The number of hydrogen-bond donors (Lipinski definition) is 1. The highest BCUT2D eigenvalue weighted by Crippen LogP contribution is 2.29. The van der Waals surface area contributed by atoms with Crippen LogP contribution in [-0.2, 0) is 11.3 Å². The molecule has 8 heteroatoms. The molecule has 0 bridgehead atoms. The molecule has 1 N–H and O–H groups in total. The van der Waals surface area contributed by atoms with Gasteiger partial charge in [0, 0.05) is 37.4 Å². The van der Waals surface area contributed by atoms with E-state index in [4.69, 9.17) is 9.26 Å². The summed E-state index contributed by atoms with van der Waals surface area (Å²) in [6.07, 6.45) is 5.76. The summed E-state index contributed by atoms with van der Waals surface area (Å²) >= 11 is 0. The van der Waals surface area contributed by atoms with Crippen LogP contribution < -0.4 is 5.32 Å². The molecule has 144 valence electrons. The number of aryl methyl sites for hydroxylation is 1. The Morgan fingerprint density at radius 1 is 1.26 bits per heavy atom. The van der Waals surface area contributed by atoms with Crippen molar-refractivity contribution in [3.8, 4) is 0 Å². The smallest absolute Gasteiger partial charge is 0.244 e. The maximum Gasteiger partial charge on any atom is 0.244 e. The van der Waals surface area contributed by atoms with Crippen molar-refractivity contribution in [2.75, 3.05) is 13.2 Å². The number of hydrogen-bond acceptors (Lipinski definition) is 7. The van der Waals surface area contributed by atoms with Crippen LogP contribution in [0.25, 0.3) is 11.0 Å². The van der Waals surface area contributed by atoms with Crippen molar-refractivity contribution in [3.05, 3.63) is 35.7 Å². The highest BCUT2D eigenvalue weighted by atomic mass is 16.5. The van der Waals surface area contributed by atoms with Gasteiger partial charge in [0.25, 0.3) is 0 Å². The van der Waals surface area contributed by atoms with E-state index in [-0.39, 0.29) is 12.1 Å². The summed E-state index contributed by atoms with van der Waals surface area (Å²) in [5.74, 6) is 1.73. The zero-order valence-electron chi connectivity index (χ0n) is 16.1. The van der Waals surface area contributed by atoms with E-state index in [1.807, 2.05) is 24.0 Å². The van der Waals surface area contributed by atoms with E-state index in [0.717, 1.165) is 42.7 Å². The van der Waals surface area contributed by atoms with Crippen LogP contribution in [0.5, 0.6) is 0 Å². The Labute approximate surface area is 158 Å². The molecule has 27 heavy (non-hydrogen) atoms. The second kappa shape index (κ2) is 7.74. The molecule has 1 aliphatic heterocycles. The maximum absolute atomic E-state index is 5.51. The Bertz CT molecular complexity index is 897. The fraction of sp³-hybridized carbons (Fsp3) is 0.579. The minimum absolute atomic E-state index is 0.0178. The van der Waals surface area contributed by atoms with Crippen LogP contribution in [0, 0.1) is 12.8 Å². The van der Waals surface area contributed by atoms with Gasteiger partial charge >= 0.3 is 0 Å². The molecule has 1 fully saturated rings. The number of aromatic nitrogens is 5. The average molecular weight is 370 g/mol. The second-order valence-corrected chi connectivity index (χ2v) is 7.43. The zero-order chi connectivity index (χ0) is 18.8. The molecule has 4 heterocycles. The van der Waals surface area contributed by atoms with Crippen molar-refractivity contribution in [2.24, 2.45) is 5.92 Å². The number of fused-ring (bicyclic) bond motifs is 1. The molecule has 0 aromatic carbocycles. The summed E-state index contributed by atoms with van der Waals surface area (Å²) in [7, 11) is 0. The van der Waals surface area contributed by atoms with Crippen LogP contribution >= 0.6 is 0 Å². The number of ether oxygens (including phenoxy) is 1. The van der Waals surface area contributed by atoms with E-state index >= 15 is 0 Å². The Hall–Kier alpha value is -2.32. The van der Waals surface area contributed by atoms with Crippen LogP contribution in [0.15, 0.2) is 23.0 Å². The number of pyridine rings is 1. The lowest BCUT2D eigenvalue weighted by atomic mass is 9.91. The quantitative estimate of drug-likeness (QED) is 0.713. The molecule has 3 aromatic rings. The topological polar surface area (TPSA) is 90.9 Å². The summed E-state index contributed by atoms with van der Waals surface area (Å²) in [4.78, 5) is 9.08. The molecule has 4 rings (SSSR count). The lowest BCUT2D eigenvalue weighted by Gasteiger charge is -2.28. The molecular formula is C19H26N6O2. The van der Waals surface area contributed by atoms with Gasteiger partial charge < -0.3 is 14.6 Å². The van der Waals surface area contributed by atoms with Crippen LogP contribution in [0.4, 0.5) is 0 Å². The molecule has 0 unspecified atom stereocenters. The molecule has 0 amide bonds. The van der Waals surface area contributed by atoms with Crippen molar-refractivity contribution < 1.29 is 9.26 Å². The Balaban J connectivity index is 1.52. The molecular weight excluding hydrogens is 344 g/mol. The molecule has 8 nitrogen and oxygen atoms in total. The third kappa shape index (κ3) is 3.86. The first kappa shape index (κ1) is 18.1. The molecule has 0 aliphatic carbocycles. The summed E-state index contributed by atoms with van der Waals surface area (Å²) in [5.41, 5.74) is 2.03. The second-order valence-electron chi connectivity index (χ2n) is 7.43. The number of nitrogens with zero attached hydrogens (tertiary/aromatic N) is 5. The minimum Gasteiger partial charge on any atom is -0.381 e. The van der Waals surface area contributed by atoms with Crippen molar-refractivity contribution in [2.45, 2.75) is 52.2 Å². The summed E-state index contributed by atoms with van der Waals surface area (Å²) < 4.78 is 12.9. The summed E-state index contributed by atoms with van der Waals surface area (Å²) in [6, 6.07) is 2.45. The van der Waals surface area contributed by atoms with Gasteiger partial charge in [0.15, 0.2) is 11.5 Å². The molecule has 3 aromatic heterocycles. The first-order valence-corrected chi connectivity index (χ1v) is 9.55. The lowest BCUT2D eigenvalue weighted by Crippen LogP contribution is -2.32. The lowest BCUT2D eigenvalue weighted by molar-refractivity contribution is 0.0485. The predicted octanol–water partition coefficient (Wildman–Crippen LogP) is 2.96. The highest BCUT2D eigenvalue weighted by molar-refractivity contribution is 5.75. The van der Waals surface area contributed by atoms with Crippen molar-refractivity contribution in [1.29, 1.82) is 0 Å². The zero-order valence-corrected chi connectivity index (χ0v) is 16.1. The van der Waals surface area contributed by atoms with E-state index in [9.17, 15) is 0 Å². The van der Waals surface area contributed by atoms with Crippen molar-refractivity contribution >= 4 is 11.0 Å². The van der Waals surface area contributed by atoms with E-state index in [1.54, 1.807) is 0 Å². The molecule has 1 saturated heterocycles. The Morgan fingerprint density at radius 2 is 2.07 bits per heavy atom. The van der Waals surface area contributed by atoms with Gasteiger partial charge in [0.05, 0.1) is 12.2 Å². The maximum atomic E-state index is 5.51. The fourth-order valence-corrected chi connectivity index (χ4v) is 3.63. The largest absolute Gasteiger partial charge is 0.381 e. The minimum atomic E-state index is 0.0178. The van der Waals surface area contributed by atoms with Gasteiger partial charge in [-0.05, 0) is 51.2 Å². The summed E-state index contributed by atoms with van der Waals surface area (Å²) in [6.45, 7) is 8.29. The highest BCUT2D eigenvalue weighted by Gasteiger charge is 2.29. The van der Waals surface area contributed by atoms with E-state index in [1.165, 1.54) is 0 Å². The van der Waals surface area contributed by atoms with E-state index in [0.29, 0.717) is 24.2 Å². The number of nitrogens with one attached hydrogen (secondary N) is 1. The normalized spacial score (nSPS) is 17.0. The van der Waals surface area contributed by atoms with Crippen LogP contribution in [0.3, 0.4) is 0 Å². The van der Waals surface area contributed by atoms with E-state index < -0.39 is 0 Å². The molecule has 0 radical (unpaired) electrons. The van der Waals surface area contributed by atoms with Gasteiger partial charge in [-0.3, -0.25) is 0 Å². The van der Waals surface area contributed by atoms with Gasteiger partial charge in [-0.2, -0.15) is 10.1 Å². The fourth-order valence-electron chi connectivity index (χ4n) is 3.63. The first-order valence-electron chi connectivity index (χ1n) is 9.55. The summed E-state index contributed by atoms with van der Waals surface area (Å²) in [5, 5.41) is 13.1. The Morgan fingerprint density at radius 3 is 2.78 bits per heavy atom. The van der Waals surface area contributed by atoms with Gasteiger partial charge in [-0.25, -0.2) is 9.67 Å². The van der Waals surface area contributed by atoms with Crippen molar-refractivity contribution in [3.63, 3.8) is 0 Å². The van der Waals surface area contributed by atoms with E-state index in [2.05, 4.69) is 45.5 Å². The van der Waals surface area contributed by atoms with Gasteiger partial charge in [0.1, 0.15) is 0 Å². The number of rotatable bonds is 6. The first-order chi connectivity index (χ1) is 13.1. The van der Waals surface area contributed by atoms with Crippen LogP contribution in [-0.4, -0.2) is 38.1 Å². The van der Waals surface area contributed by atoms with Gasteiger partial charge in [-0.1, -0.05) is 5.16 Å². The van der Waals surface area contributed by atoms with Crippen molar-refractivity contribution in [1.82, 2.24) is 30.2 Å². The SMILES string of the molecule is Cc1noc([C@H](NCc2cnc3c(cnn3C(C)C)c2)C2CCOCC2)n1. The van der Waals surface area contributed by atoms with Crippen LogP contribution in [0.2, 0.25) is 0 Å². The molecule has 0 spiro atoms. The standard InChI is InChI=1S/C19H26N6O2/c1-12(2)25-18-16(11-22-25)8-14(10-21-18)9-20-17(15-4-6-26-7-5-15)19-23-13(3)24-27-19/h8,10-12,15,17,20H,4-7,9H2,1-3H3/t17-/m1/s1. The average Bonchev–Trinajstić information content (AvgIpc) is 3.29. The molecule has 0 saturated carbocycles. The third-order valence-corrected chi connectivity index (χ3v) is 5.05. The Kier molecular flexibility index (Phi) is 5.18. The third-order valence-electron chi connectivity index (χ3n) is 5.05. The predicted molar refractivity (Wildman–Crippen MR) is 100 cm³/mol.